The lowest BCUT2D eigenvalue weighted by atomic mass is 9.94. The lowest BCUT2D eigenvalue weighted by Gasteiger charge is -2.16. The van der Waals surface area contributed by atoms with E-state index in [0.29, 0.717) is 0 Å². The van der Waals surface area contributed by atoms with E-state index in [4.69, 9.17) is 0 Å². The molecule has 0 fully saturated rings. The van der Waals surface area contributed by atoms with Gasteiger partial charge in [-0.05, 0) is 32.1 Å². The molecule has 0 spiro atoms. The standard InChI is InChI=1S/C10H18O/c1-2-3-5-9-6-4-7-10(11)8-9/h8,10-11H,2-7H2,1H3. The molecule has 0 aromatic carbocycles. The molecule has 0 radical (unpaired) electrons. The second kappa shape index (κ2) is 4.55. The average Bonchev–Trinajstić information content (AvgIpc) is 2.01. The quantitative estimate of drug-likeness (QED) is 0.619. The van der Waals surface area contributed by atoms with E-state index in [1.54, 1.807) is 0 Å². The van der Waals surface area contributed by atoms with Crippen LogP contribution in [-0.2, 0) is 0 Å². The molecule has 11 heavy (non-hydrogen) atoms. The van der Waals surface area contributed by atoms with Crippen LogP contribution in [0.1, 0.15) is 45.4 Å². The first kappa shape index (κ1) is 8.79. The molecule has 64 valence electrons. The number of allylic oxidation sites excluding steroid dienone is 1. The SMILES string of the molecule is CCCCC1=CC(O)CCC1. The highest BCUT2D eigenvalue weighted by Crippen LogP contribution is 2.21. The molecular weight excluding hydrogens is 136 g/mol. The Morgan fingerprint density at radius 2 is 2.45 bits per heavy atom. The van der Waals surface area contributed by atoms with Gasteiger partial charge in [0.1, 0.15) is 0 Å². The van der Waals surface area contributed by atoms with Crippen molar-refractivity contribution >= 4 is 0 Å². The minimum atomic E-state index is -0.143. The van der Waals surface area contributed by atoms with Crippen molar-refractivity contribution in [2.75, 3.05) is 0 Å². The van der Waals surface area contributed by atoms with E-state index in [1.807, 2.05) is 0 Å². The smallest absolute Gasteiger partial charge is 0.0723 e. The Hall–Kier alpha value is -0.300. The first-order chi connectivity index (χ1) is 5.33. The fraction of sp³-hybridized carbons (Fsp3) is 0.800. The predicted molar refractivity (Wildman–Crippen MR) is 47.5 cm³/mol. The average molecular weight is 154 g/mol. The van der Waals surface area contributed by atoms with Crippen molar-refractivity contribution in [1.29, 1.82) is 0 Å². The third-order valence-corrected chi connectivity index (χ3v) is 2.28. The van der Waals surface area contributed by atoms with E-state index in [2.05, 4.69) is 13.0 Å². The zero-order valence-corrected chi connectivity index (χ0v) is 7.34. The third kappa shape index (κ3) is 3.06. The number of rotatable bonds is 3. The number of aliphatic hydroxyl groups excluding tert-OH is 1. The summed E-state index contributed by atoms with van der Waals surface area (Å²) < 4.78 is 0. The second-order valence-electron chi connectivity index (χ2n) is 3.39. The molecule has 1 rings (SSSR count). The molecule has 1 unspecified atom stereocenters. The summed E-state index contributed by atoms with van der Waals surface area (Å²) in [4.78, 5) is 0. The van der Waals surface area contributed by atoms with Crippen LogP contribution in [0.15, 0.2) is 11.6 Å². The molecule has 1 nitrogen and oxygen atoms in total. The van der Waals surface area contributed by atoms with Crippen LogP contribution in [0, 0.1) is 0 Å². The van der Waals surface area contributed by atoms with Gasteiger partial charge in [0.2, 0.25) is 0 Å². The Morgan fingerprint density at radius 3 is 3.09 bits per heavy atom. The molecule has 0 heterocycles. The van der Waals surface area contributed by atoms with E-state index in [1.165, 1.54) is 37.7 Å². The lowest BCUT2D eigenvalue weighted by molar-refractivity contribution is 0.201. The van der Waals surface area contributed by atoms with Crippen molar-refractivity contribution in [2.45, 2.75) is 51.6 Å². The summed E-state index contributed by atoms with van der Waals surface area (Å²) in [6.07, 6.45) is 9.01. The van der Waals surface area contributed by atoms with Crippen LogP contribution in [0.2, 0.25) is 0 Å². The van der Waals surface area contributed by atoms with E-state index in [-0.39, 0.29) is 6.10 Å². The van der Waals surface area contributed by atoms with E-state index in [0.717, 1.165) is 6.42 Å². The summed E-state index contributed by atoms with van der Waals surface area (Å²) in [6, 6.07) is 0. The summed E-state index contributed by atoms with van der Waals surface area (Å²) in [7, 11) is 0. The normalized spacial score (nSPS) is 24.9. The van der Waals surface area contributed by atoms with Gasteiger partial charge >= 0.3 is 0 Å². The minimum Gasteiger partial charge on any atom is -0.389 e. The Labute approximate surface area is 69.1 Å². The van der Waals surface area contributed by atoms with Gasteiger partial charge in [-0.25, -0.2) is 0 Å². The summed E-state index contributed by atoms with van der Waals surface area (Å²) in [5.41, 5.74) is 1.48. The second-order valence-corrected chi connectivity index (χ2v) is 3.39. The number of unbranched alkanes of at least 4 members (excludes halogenated alkanes) is 1. The van der Waals surface area contributed by atoms with Gasteiger partial charge in [-0.1, -0.05) is 25.0 Å². The van der Waals surface area contributed by atoms with Gasteiger partial charge in [0.15, 0.2) is 0 Å². The van der Waals surface area contributed by atoms with Crippen LogP contribution in [-0.4, -0.2) is 11.2 Å². The van der Waals surface area contributed by atoms with Crippen LogP contribution >= 0.6 is 0 Å². The maximum absolute atomic E-state index is 9.30. The molecule has 1 N–H and O–H groups in total. The highest BCUT2D eigenvalue weighted by atomic mass is 16.3. The molecule has 0 aliphatic heterocycles. The van der Waals surface area contributed by atoms with Crippen molar-refractivity contribution < 1.29 is 5.11 Å². The largest absolute Gasteiger partial charge is 0.389 e. The van der Waals surface area contributed by atoms with Gasteiger partial charge in [-0.15, -0.1) is 0 Å². The first-order valence-corrected chi connectivity index (χ1v) is 4.70. The highest BCUT2D eigenvalue weighted by Gasteiger charge is 2.09. The Morgan fingerprint density at radius 1 is 1.64 bits per heavy atom. The molecule has 1 aliphatic carbocycles. The summed E-state index contributed by atoms with van der Waals surface area (Å²) in [5, 5.41) is 9.30. The molecule has 0 saturated carbocycles. The number of aliphatic hydroxyl groups is 1. The Kier molecular flexibility index (Phi) is 3.64. The molecule has 1 aliphatic rings. The van der Waals surface area contributed by atoms with Crippen LogP contribution < -0.4 is 0 Å². The van der Waals surface area contributed by atoms with Gasteiger partial charge < -0.3 is 5.11 Å². The fourth-order valence-electron chi connectivity index (χ4n) is 1.59. The van der Waals surface area contributed by atoms with Gasteiger partial charge in [-0.2, -0.15) is 0 Å². The topological polar surface area (TPSA) is 20.2 Å². The zero-order valence-electron chi connectivity index (χ0n) is 7.34. The molecule has 1 heteroatoms. The molecule has 0 amide bonds. The van der Waals surface area contributed by atoms with E-state index in [9.17, 15) is 5.11 Å². The zero-order chi connectivity index (χ0) is 8.10. The first-order valence-electron chi connectivity index (χ1n) is 4.70. The monoisotopic (exact) mass is 154 g/mol. The molecule has 0 aromatic rings. The van der Waals surface area contributed by atoms with Crippen molar-refractivity contribution in [2.24, 2.45) is 0 Å². The third-order valence-electron chi connectivity index (χ3n) is 2.28. The van der Waals surface area contributed by atoms with Crippen molar-refractivity contribution in [3.63, 3.8) is 0 Å². The van der Waals surface area contributed by atoms with Crippen LogP contribution in [0.4, 0.5) is 0 Å². The number of hydrogen-bond acceptors (Lipinski definition) is 1. The molecule has 0 bridgehead atoms. The van der Waals surface area contributed by atoms with Crippen molar-refractivity contribution in [3.8, 4) is 0 Å². The summed E-state index contributed by atoms with van der Waals surface area (Å²) >= 11 is 0. The molecule has 0 saturated heterocycles. The van der Waals surface area contributed by atoms with Gasteiger partial charge in [-0.3, -0.25) is 0 Å². The van der Waals surface area contributed by atoms with Gasteiger partial charge in [0.25, 0.3) is 0 Å². The number of hydrogen-bond donors (Lipinski definition) is 1. The van der Waals surface area contributed by atoms with E-state index >= 15 is 0 Å². The van der Waals surface area contributed by atoms with Crippen LogP contribution in [0.5, 0.6) is 0 Å². The summed E-state index contributed by atoms with van der Waals surface area (Å²) in [5.74, 6) is 0. The molecular formula is C10H18O. The minimum absolute atomic E-state index is 0.143. The fourth-order valence-corrected chi connectivity index (χ4v) is 1.59. The van der Waals surface area contributed by atoms with Crippen molar-refractivity contribution in [1.82, 2.24) is 0 Å². The molecule has 1 atom stereocenters. The van der Waals surface area contributed by atoms with Crippen LogP contribution in [0.25, 0.3) is 0 Å². The van der Waals surface area contributed by atoms with Gasteiger partial charge in [0.05, 0.1) is 6.10 Å². The Bertz CT molecular complexity index is 138. The van der Waals surface area contributed by atoms with Crippen LogP contribution in [0.3, 0.4) is 0 Å². The summed E-state index contributed by atoms with van der Waals surface area (Å²) in [6.45, 7) is 2.21. The van der Waals surface area contributed by atoms with E-state index < -0.39 is 0 Å². The Balaban J connectivity index is 2.31. The predicted octanol–water partition coefficient (Wildman–Crippen LogP) is 2.65. The maximum Gasteiger partial charge on any atom is 0.0723 e. The lowest BCUT2D eigenvalue weighted by Crippen LogP contribution is -2.08. The maximum atomic E-state index is 9.30. The molecule has 0 aromatic heterocycles. The van der Waals surface area contributed by atoms with Crippen molar-refractivity contribution in [3.05, 3.63) is 11.6 Å². The highest BCUT2D eigenvalue weighted by molar-refractivity contribution is 5.08. The van der Waals surface area contributed by atoms with Gasteiger partial charge in [0, 0.05) is 0 Å².